The number of benzene rings is 2. The van der Waals surface area contributed by atoms with E-state index >= 15 is 0 Å². The van der Waals surface area contributed by atoms with Crippen LogP contribution >= 0.6 is 11.6 Å². The molecule has 2 bridgehead atoms. The summed E-state index contributed by atoms with van der Waals surface area (Å²) in [4.78, 5) is 20.3. The summed E-state index contributed by atoms with van der Waals surface area (Å²) in [5.74, 6) is 0.261. The van der Waals surface area contributed by atoms with Crippen LogP contribution < -0.4 is 5.32 Å². The Labute approximate surface area is 202 Å². The Hall–Kier alpha value is -2.92. The second-order valence-corrected chi connectivity index (χ2v) is 9.59. The minimum atomic E-state index is -0.455. The van der Waals surface area contributed by atoms with E-state index in [0.29, 0.717) is 21.7 Å². The third kappa shape index (κ3) is 4.80. The van der Waals surface area contributed by atoms with Gasteiger partial charge < -0.3 is 14.8 Å². The molecule has 0 radical (unpaired) electrons. The zero-order chi connectivity index (χ0) is 23.7. The summed E-state index contributed by atoms with van der Waals surface area (Å²) in [6.45, 7) is 11.8. The van der Waals surface area contributed by atoms with Gasteiger partial charge in [0.2, 0.25) is 5.95 Å². The Bertz CT molecular complexity index is 1220. The molecule has 6 rings (SSSR count). The molecule has 3 aliphatic rings. The van der Waals surface area contributed by atoms with Crippen molar-refractivity contribution in [2.75, 3.05) is 52.4 Å². The maximum atomic E-state index is 10.9. The normalized spacial score (nSPS) is 23.1. The summed E-state index contributed by atoms with van der Waals surface area (Å²) in [6.07, 6.45) is 0. The van der Waals surface area contributed by atoms with Crippen LogP contribution in [0.3, 0.4) is 0 Å². The molecule has 178 valence electrons. The predicted octanol–water partition coefficient (Wildman–Crippen LogP) is 4.34. The van der Waals surface area contributed by atoms with E-state index in [0.717, 1.165) is 12.1 Å². The number of fused-ring (bicyclic) bond motifs is 4. The lowest BCUT2D eigenvalue weighted by molar-refractivity contribution is -0.939. The molecule has 0 spiro atoms. The summed E-state index contributed by atoms with van der Waals surface area (Å²) in [6, 6.07) is 10.4. The molecule has 3 aliphatic heterocycles. The Balaban J connectivity index is 1.20. The van der Waals surface area contributed by atoms with E-state index in [4.69, 9.17) is 11.6 Å². The minimum Gasteiger partial charge on any atom is -0.321 e. The minimum absolute atomic E-state index is 0.0217. The van der Waals surface area contributed by atoms with E-state index in [1.807, 2.05) is 18.2 Å². The SMILES string of the molecule is CC(NCC[N+]12CCN(CC1)CC2)c1ccc(N=Nc2nc3cc([N+](=O)[O-])ccc3[nH]2)c(Cl)c1. The lowest BCUT2D eigenvalue weighted by atomic mass is 10.1. The molecule has 3 fully saturated rings. The molecule has 0 saturated carbocycles. The number of nitrogens with zero attached hydrogens (tertiary/aromatic N) is 6. The van der Waals surface area contributed by atoms with Gasteiger partial charge in [0.1, 0.15) is 5.69 Å². The maximum Gasteiger partial charge on any atom is 0.271 e. The van der Waals surface area contributed by atoms with Crippen LogP contribution in [0.2, 0.25) is 5.02 Å². The number of H-pyrrole nitrogens is 1. The van der Waals surface area contributed by atoms with Crippen LogP contribution in [0.5, 0.6) is 0 Å². The van der Waals surface area contributed by atoms with E-state index in [2.05, 4.69) is 37.3 Å². The number of halogens is 1. The highest BCUT2D eigenvalue weighted by Gasteiger charge is 2.37. The van der Waals surface area contributed by atoms with Crippen molar-refractivity contribution >= 4 is 40.0 Å². The van der Waals surface area contributed by atoms with Crippen LogP contribution in [-0.2, 0) is 0 Å². The van der Waals surface area contributed by atoms with Gasteiger partial charge in [0.15, 0.2) is 0 Å². The van der Waals surface area contributed by atoms with Crippen LogP contribution in [0.4, 0.5) is 17.3 Å². The Morgan fingerprint density at radius 2 is 1.97 bits per heavy atom. The largest absolute Gasteiger partial charge is 0.321 e. The molecule has 1 unspecified atom stereocenters. The van der Waals surface area contributed by atoms with Crippen molar-refractivity contribution in [2.45, 2.75) is 13.0 Å². The molecule has 3 aromatic rings. The standard InChI is InChI=1S/C23H28ClN8O2/c1-16(25-6-10-32-11-7-30(8-12-32)9-13-32)17-2-4-20(19(24)14-17)28-29-23-26-21-5-3-18(31(33)34)15-22(21)27-23/h2-5,14-16,25H,6-13H2,1H3,(H,26,27)/q+1. The molecular formula is C23H28ClN8O2+. The van der Waals surface area contributed by atoms with Gasteiger partial charge in [-0.25, -0.2) is 4.98 Å². The molecule has 1 aromatic heterocycles. The molecule has 0 amide bonds. The third-order valence-corrected chi connectivity index (χ3v) is 7.40. The quantitative estimate of drug-likeness (QED) is 0.214. The lowest BCUT2D eigenvalue weighted by Crippen LogP contribution is -2.68. The van der Waals surface area contributed by atoms with Crippen LogP contribution in [0.15, 0.2) is 46.6 Å². The maximum absolute atomic E-state index is 10.9. The van der Waals surface area contributed by atoms with Gasteiger partial charge in [0, 0.05) is 44.4 Å². The number of nitrogens with one attached hydrogen (secondary N) is 2. The summed E-state index contributed by atoms with van der Waals surface area (Å²) >= 11 is 6.48. The van der Waals surface area contributed by atoms with Gasteiger partial charge >= 0.3 is 0 Å². The fourth-order valence-corrected chi connectivity index (χ4v) is 5.05. The first kappa shape index (κ1) is 22.9. The highest BCUT2D eigenvalue weighted by Crippen LogP contribution is 2.30. The number of hydrogen-bond donors (Lipinski definition) is 2. The Kier molecular flexibility index (Phi) is 6.30. The Morgan fingerprint density at radius 3 is 2.68 bits per heavy atom. The predicted molar refractivity (Wildman–Crippen MR) is 131 cm³/mol. The fourth-order valence-electron chi connectivity index (χ4n) is 4.82. The molecule has 11 heteroatoms. The number of piperazine rings is 3. The van der Waals surface area contributed by atoms with Crippen LogP contribution in [-0.4, -0.2) is 76.6 Å². The van der Waals surface area contributed by atoms with Crippen LogP contribution in [0.1, 0.15) is 18.5 Å². The number of aromatic amines is 1. The number of quaternary nitrogens is 1. The number of hydrogen-bond acceptors (Lipinski definition) is 7. The number of nitro benzene ring substituents is 1. The second kappa shape index (κ2) is 9.38. The molecule has 2 aromatic carbocycles. The van der Waals surface area contributed by atoms with E-state index < -0.39 is 4.92 Å². The Morgan fingerprint density at radius 1 is 1.21 bits per heavy atom. The summed E-state index contributed by atoms with van der Waals surface area (Å²) in [5.41, 5.74) is 2.72. The lowest BCUT2D eigenvalue weighted by Gasteiger charge is -2.50. The van der Waals surface area contributed by atoms with E-state index in [9.17, 15) is 10.1 Å². The average Bonchev–Trinajstić information content (AvgIpc) is 3.26. The van der Waals surface area contributed by atoms with Crippen molar-refractivity contribution in [1.29, 1.82) is 0 Å². The summed E-state index contributed by atoms with van der Waals surface area (Å²) in [7, 11) is 0. The number of rotatable bonds is 8. The zero-order valence-electron chi connectivity index (χ0n) is 19.1. The number of aromatic nitrogens is 2. The van der Waals surface area contributed by atoms with Crippen molar-refractivity contribution < 1.29 is 9.41 Å². The number of azo groups is 1. The van der Waals surface area contributed by atoms with E-state index in [1.54, 1.807) is 6.07 Å². The second-order valence-electron chi connectivity index (χ2n) is 9.18. The van der Waals surface area contributed by atoms with Crippen LogP contribution in [0.25, 0.3) is 11.0 Å². The first-order valence-electron chi connectivity index (χ1n) is 11.6. The fraction of sp³-hybridized carbons (Fsp3) is 0.435. The van der Waals surface area contributed by atoms with E-state index in [1.165, 1.54) is 62.4 Å². The third-order valence-electron chi connectivity index (χ3n) is 7.10. The van der Waals surface area contributed by atoms with Gasteiger partial charge in [-0.1, -0.05) is 17.7 Å². The molecule has 2 N–H and O–H groups in total. The zero-order valence-corrected chi connectivity index (χ0v) is 19.8. The highest BCUT2D eigenvalue weighted by molar-refractivity contribution is 6.33. The van der Waals surface area contributed by atoms with Crippen molar-refractivity contribution in [2.24, 2.45) is 10.2 Å². The van der Waals surface area contributed by atoms with Gasteiger partial charge in [-0.3, -0.25) is 15.0 Å². The summed E-state index contributed by atoms with van der Waals surface area (Å²) < 4.78 is 1.24. The van der Waals surface area contributed by atoms with Crippen molar-refractivity contribution in [1.82, 2.24) is 20.2 Å². The van der Waals surface area contributed by atoms with E-state index in [-0.39, 0.29) is 17.7 Å². The van der Waals surface area contributed by atoms with Crippen molar-refractivity contribution in [3.63, 3.8) is 0 Å². The first-order valence-corrected chi connectivity index (χ1v) is 11.9. The number of non-ortho nitro benzene ring substituents is 1. The van der Waals surface area contributed by atoms with Crippen molar-refractivity contribution in [3.8, 4) is 0 Å². The number of imidazole rings is 1. The first-order chi connectivity index (χ1) is 16.4. The number of nitro groups is 1. The molecule has 0 aliphatic carbocycles. The summed E-state index contributed by atoms with van der Waals surface area (Å²) in [5, 5.41) is 23.4. The van der Waals surface area contributed by atoms with Crippen LogP contribution in [0, 0.1) is 10.1 Å². The molecule has 34 heavy (non-hydrogen) atoms. The molecule has 1 atom stereocenters. The monoisotopic (exact) mass is 483 g/mol. The van der Waals surface area contributed by atoms with Gasteiger partial charge in [-0.05, 0) is 30.7 Å². The molecule has 3 saturated heterocycles. The topological polar surface area (TPSA) is 112 Å². The van der Waals surface area contributed by atoms with Gasteiger partial charge in [0.25, 0.3) is 5.69 Å². The van der Waals surface area contributed by atoms with Gasteiger partial charge in [-0.2, -0.15) is 0 Å². The van der Waals surface area contributed by atoms with Crippen molar-refractivity contribution in [3.05, 3.63) is 57.1 Å². The average molecular weight is 484 g/mol. The highest BCUT2D eigenvalue weighted by atomic mass is 35.5. The molecule has 10 nitrogen and oxygen atoms in total. The molecule has 4 heterocycles. The van der Waals surface area contributed by atoms with Gasteiger partial charge in [0.05, 0.1) is 47.2 Å². The van der Waals surface area contributed by atoms with Gasteiger partial charge in [-0.15, -0.1) is 10.2 Å². The molecular weight excluding hydrogens is 456 g/mol. The smallest absolute Gasteiger partial charge is 0.271 e.